The zero-order valence-electron chi connectivity index (χ0n) is 18.0. The van der Waals surface area contributed by atoms with Crippen LogP contribution in [0.4, 0.5) is 35.9 Å². The first kappa shape index (κ1) is 25.2. The summed E-state index contributed by atoms with van der Waals surface area (Å²) in [7, 11) is 0. The molecule has 8 nitrogen and oxygen atoms in total. The number of fused-ring (bicyclic) bond motifs is 1. The molecule has 4 rings (SSSR count). The molecule has 14 heteroatoms. The fraction of sp³-hybridized carbons (Fsp3) is 0.273. The fourth-order valence-electron chi connectivity index (χ4n) is 3.84. The fourth-order valence-corrected chi connectivity index (χ4v) is 3.84. The topological polar surface area (TPSA) is 105 Å². The molecule has 1 saturated heterocycles. The van der Waals surface area contributed by atoms with Crippen molar-refractivity contribution in [1.29, 1.82) is 0 Å². The maximum Gasteiger partial charge on any atom is 0.419 e. The minimum atomic E-state index is -5.13. The summed E-state index contributed by atoms with van der Waals surface area (Å²) >= 11 is 0. The molecule has 190 valence electrons. The molecule has 2 atom stereocenters. The van der Waals surface area contributed by atoms with Gasteiger partial charge in [-0.25, -0.2) is 24.5 Å². The number of aliphatic hydroxyl groups excluding tert-OH is 1. The smallest absolute Gasteiger partial charge is 0.419 e. The van der Waals surface area contributed by atoms with Crippen molar-refractivity contribution in [2.75, 3.05) is 6.61 Å². The molecular weight excluding hydrogens is 498 g/mol. The third kappa shape index (κ3) is 4.89. The normalized spacial score (nSPS) is 18.4. The van der Waals surface area contributed by atoms with Crippen molar-refractivity contribution in [3.05, 3.63) is 71.2 Å². The van der Waals surface area contributed by atoms with Crippen LogP contribution in [0.3, 0.4) is 0 Å². The Bertz CT molecular complexity index is 1280. The van der Waals surface area contributed by atoms with Crippen LogP contribution >= 0.6 is 0 Å². The first-order valence-corrected chi connectivity index (χ1v) is 10.3. The quantitative estimate of drug-likeness (QED) is 0.500. The van der Waals surface area contributed by atoms with Crippen molar-refractivity contribution in [3.63, 3.8) is 0 Å². The van der Waals surface area contributed by atoms with Crippen molar-refractivity contribution in [1.82, 2.24) is 20.2 Å². The SMILES string of the molecule is O=C(NCc1cccc2cncnc12)N1C(=O)OC(c2cc(C(F)(F)F)cc(C(F)(F)F)c2)C1CO. The molecular formula is C22H16F6N4O4. The summed E-state index contributed by atoms with van der Waals surface area (Å²) in [6.07, 6.45) is -10.5. The molecule has 0 radical (unpaired) electrons. The third-order valence-electron chi connectivity index (χ3n) is 5.50. The number of halogens is 6. The largest absolute Gasteiger partial charge is 0.439 e. The average Bonchev–Trinajstić information content (AvgIpc) is 3.17. The van der Waals surface area contributed by atoms with Crippen molar-refractivity contribution < 1.29 is 45.8 Å². The highest BCUT2D eigenvalue weighted by molar-refractivity contribution is 5.93. The van der Waals surface area contributed by atoms with Gasteiger partial charge in [0.25, 0.3) is 0 Å². The van der Waals surface area contributed by atoms with Crippen LogP contribution in [-0.4, -0.2) is 44.7 Å². The molecule has 1 aromatic heterocycles. The van der Waals surface area contributed by atoms with Crippen LogP contribution in [0.25, 0.3) is 10.9 Å². The second-order valence-electron chi connectivity index (χ2n) is 7.80. The van der Waals surface area contributed by atoms with Gasteiger partial charge in [-0.05, 0) is 29.3 Å². The number of nitrogens with zero attached hydrogens (tertiary/aromatic N) is 3. The van der Waals surface area contributed by atoms with Crippen LogP contribution in [0.15, 0.2) is 48.9 Å². The number of alkyl halides is 6. The Labute approximate surface area is 198 Å². The van der Waals surface area contributed by atoms with Crippen molar-refractivity contribution in [2.24, 2.45) is 0 Å². The van der Waals surface area contributed by atoms with Gasteiger partial charge in [-0.2, -0.15) is 26.3 Å². The van der Waals surface area contributed by atoms with E-state index in [1.54, 1.807) is 24.4 Å². The number of rotatable bonds is 4. The number of ether oxygens (including phenoxy) is 1. The number of hydrogen-bond donors (Lipinski definition) is 2. The maximum absolute atomic E-state index is 13.2. The number of carbonyl (C=O) groups is 2. The second-order valence-corrected chi connectivity index (χ2v) is 7.80. The van der Waals surface area contributed by atoms with Crippen LogP contribution in [-0.2, 0) is 23.6 Å². The Morgan fingerprint density at radius 2 is 1.75 bits per heavy atom. The van der Waals surface area contributed by atoms with E-state index in [1.807, 2.05) is 0 Å². The summed E-state index contributed by atoms with van der Waals surface area (Å²) in [6.45, 7) is -1.12. The van der Waals surface area contributed by atoms with Gasteiger partial charge in [0.1, 0.15) is 12.4 Å². The Morgan fingerprint density at radius 3 is 2.36 bits per heavy atom. The first-order valence-electron chi connectivity index (χ1n) is 10.3. The van der Waals surface area contributed by atoms with Crippen LogP contribution in [0.2, 0.25) is 0 Å². The first-order chi connectivity index (χ1) is 16.9. The van der Waals surface area contributed by atoms with Crippen LogP contribution in [0.1, 0.15) is 28.4 Å². The average molecular weight is 514 g/mol. The Morgan fingerprint density at radius 1 is 1.08 bits per heavy atom. The molecule has 2 N–H and O–H groups in total. The highest BCUT2D eigenvalue weighted by Crippen LogP contribution is 2.40. The van der Waals surface area contributed by atoms with E-state index in [1.165, 1.54) is 6.33 Å². The Kier molecular flexibility index (Phi) is 6.47. The molecule has 0 aliphatic carbocycles. The Balaban J connectivity index is 1.61. The lowest BCUT2D eigenvalue weighted by Crippen LogP contribution is -2.47. The highest BCUT2D eigenvalue weighted by atomic mass is 19.4. The van der Waals surface area contributed by atoms with Gasteiger partial charge >= 0.3 is 24.5 Å². The minimum Gasteiger partial charge on any atom is -0.439 e. The number of carbonyl (C=O) groups excluding carboxylic acids is 2. The number of nitrogens with one attached hydrogen (secondary N) is 1. The van der Waals surface area contributed by atoms with E-state index in [0.29, 0.717) is 33.5 Å². The van der Waals surface area contributed by atoms with Crippen molar-refractivity contribution in [3.8, 4) is 0 Å². The molecule has 1 fully saturated rings. The summed E-state index contributed by atoms with van der Waals surface area (Å²) in [5, 5.41) is 12.9. The zero-order chi connectivity index (χ0) is 26.3. The van der Waals surface area contributed by atoms with Gasteiger partial charge in [0.15, 0.2) is 6.10 Å². The van der Waals surface area contributed by atoms with Crippen molar-refractivity contribution in [2.45, 2.75) is 31.0 Å². The number of amides is 3. The van der Waals surface area contributed by atoms with E-state index in [-0.39, 0.29) is 12.6 Å². The van der Waals surface area contributed by atoms with E-state index in [0.717, 1.165) is 0 Å². The summed E-state index contributed by atoms with van der Waals surface area (Å²) in [6, 6.07) is 3.08. The van der Waals surface area contributed by atoms with E-state index in [9.17, 15) is 41.0 Å². The molecule has 1 aliphatic heterocycles. The third-order valence-corrected chi connectivity index (χ3v) is 5.50. The van der Waals surface area contributed by atoms with Crippen LogP contribution < -0.4 is 5.32 Å². The number of benzene rings is 2. The van der Waals surface area contributed by atoms with Crippen LogP contribution in [0.5, 0.6) is 0 Å². The van der Waals surface area contributed by atoms with E-state index < -0.39 is 59.9 Å². The summed E-state index contributed by atoms with van der Waals surface area (Å²) in [4.78, 5) is 33.6. The molecule has 0 bridgehead atoms. The number of hydrogen-bond acceptors (Lipinski definition) is 6. The minimum absolute atomic E-state index is 0.0769. The monoisotopic (exact) mass is 514 g/mol. The van der Waals surface area contributed by atoms with E-state index in [4.69, 9.17) is 4.74 Å². The van der Waals surface area contributed by atoms with E-state index >= 15 is 0 Å². The molecule has 2 unspecified atom stereocenters. The molecule has 1 aliphatic rings. The van der Waals surface area contributed by atoms with Gasteiger partial charge in [-0.15, -0.1) is 0 Å². The molecule has 3 aromatic rings. The summed E-state index contributed by atoms with van der Waals surface area (Å²) in [5.41, 5.74) is -2.87. The van der Waals surface area contributed by atoms with Gasteiger partial charge in [-0.1, -0.05) is 18.2 Å². The second kappa shape index (κ2) is 9.26. The number of aliphatic hydroxyl groups is 1. The molecule has 2 heterocycles. The van der Waals surface area contributed by atoms with Gasteiger partial charge in [0.2, 0.25) is 0 Å². The summed E-state index contributed by atoms with van der Waals surface area (Å²) in [5.74, 6) is 0. The lowest BCUT2D eigenvalue weighted by molar-refractivity contribution is -0.143. The summed E-state index contributed by atoms with van der Waals surface area (Å²) < 4.78 is 84.4. The lowest BCUT2D eigenvalue weighted by Gasteiger charge is -2.23. The molecule has 0 spiro atoms. The van der Waals surface area contributed by atoms with E-state index in [2.05, 4.69) is 15.3 Å². The van der Waals surface area contributed by atoms with Gasteiger partial charge < -0.3 is 15.2 Å². The van der Waals surface area contributed by atoms with Gasteiger partial charge in [-0.3, -0.25) is 0 Å². The molecule has 0 saturated carbocycles. The molecule has 36 heavy (non-hydrogen) atoms. The number of urea groups is 1. The zero-order valence-corrected chi connectivity index (χ0v) is 18.0. The number of cyclic esters (lactones) is 1. The van der Waals surface area contributed by atoms with Gasteiger partial charge in [0, 0.05) is 18.1 Å². The molecule has 2 aromatic carbocycles. The number of imide groups is 1. The number of para-hydroxylation sites is 1. The van der Waals surface area contributed by atoms with Crippen LogP contribution in [0, 0.1) is 0 Å². The Hall–Kier alpha value is -3.94. The molecule has 3 amide bonds. The predicted molar refractivity (Wildman–Crippen MR) is 110 cm³/mol. The van der Waals surface area contributed by atoms with Gasteiger partial charge in [0.05, 0.1) is 23.3 Å². The standard InChI is InChI=1S/C22H16F6N4O4/c23-21(24,25)14-4-13(5-15(6-14)22(26,27)28)18-16(9-33)32(20(35)36-18)19(34)30-8-12-3-1-2-11-7-29-10-31-17(11)12/h1-7,10,16,18,33H,8-9H2,(H,30,34). The number of aromatic nitrogens is 2. The van der Waals surface area contributed by atoms with Crippen molar-refractivity contribution >= 4 is 23.0 Å². The highest BCUT2D eigenvalue weighted by Gasteiger charge is 2.47. The maximum atomic E-state index is 13.2. The lowest BCUT2D eigenvalue weighted by atomic mass is 9.97. The predicted octanol–water partition coefficient (Wildman–Crippen LogP) is 4.43.